The van der Waals surface area contributed by atoms with E-state index in [0.29, 0.717) is 0 Å². The minimum Gasteiger partial charge on any atom is -0.457 e. The summed E-state index contributed by atoms with van der Waals surface area (Å²) in [4.78, 5) is 10.6. The normalized spacial score (nSPS) is 38.5. The molecule has 1 aliphatic heterocycles. The van der Waals surface area contributed by atoms with Crippen LogP contribution < -0.4 is 0 Å². The quantitative estimate of drug-likeness (QED) is 0.389. The van der Waals surface area contributed by atoms with Gasteiger partial charge < -0.3 is 20.1 Å². The van der Waals surface area contributed by atoms with Crippen LogP contribution in [0.1, 0.15) is 6.42 Å². The monoisotopic (exact) mass is 162 g/mol. The molecule has 1 heterocycles. The lowest BCUT2D eigenvalue weighted by molar-refractivity contribution is -0.182. The molecule has 0 saturated carbocycles. The van der Waals surface area contributed by atoms with Gasteiger partial charge >= 0.3 is 5.97 Å². The van der Waals surface area contributed by atoms with Gasteiger partial charge in [0.2, 0.25) is 0 Å². The number of esters is 1. The topological polar surface area (TPSA) is 87.0 Å². The van der Waals surface area contributed by atoms with Crippen molar-refractivity contribution in [2.45, 2.75) is 24.7 Å². The summed E-state index contributed by atoms with van der Waals surface area (Å²) in [6.07, 6.45) is -3.48. The highest BCUT2D eigenvalue weighted by atomic mass is 16.6. The molecule has 5 heteroatoms. The minimum atomic E-state index is -1.17. The Balaban J connectivity index is 2.58. The summed E-state index contributed by atoms with van der Waals surface area (Å²) in [6, 6.07) is 0. The zero-order valence-electron chi connectivity index (χ0n) is 5.80. The number of aliphatic hydroxyl groups excluding tert-OH is 3. The first-order chi connectivity index (χ1) is 5.15. The molecule has 11 heavy (non-hydrogen) atoms. The molecule has 64 valence electrons. The van der Waals surface area contributed by atoms with Crippen molar-refractivity contribution in [3.63, 3.8) is 0 Å². The molecule has 1 rings (SSSR count). The third-order valence-corrected chi connectivity index (χ3v) is 1.61. The molecular weight excluding hydrogens is 152 g/mol. The van der Waals surface area contributed by atoms with Gasteiger partial charge in [-0.25, -0.2) is 0 Å². The first kappa shape index (κ1) is 8.45. The molecule has 1 aliphatic rings. The SMILES string of the molecule is O=C1C[C@@H](O)[C@H](O)C(CO)O1. The van der Waals surface area contributed by atoms with Gasteiger partial charge in [0.25, 0.3) is 0 Å². The molecule has 3 atom stereocenters. The van der Waals surface area contributed by atoms with Crippen molar-refractivity contribution >= 4 is 5.97 Å². The number of carbonyl (C=O) groups excluding carboxylic acids is 1. The van der Waals surface area contributed by atoms with E-state index in [9.17, 15) is 4.79 Å². The van der Waals surface area contributed by atoms with Crippen molar-refractivity contribution in [3.05, 3.63) is 0 Å². The van der Waals surface area contributed by atoms with E-state index in [1.54, 1.807) is 0 Å². The molecule has 0 aromatic rings. The summed E-state index contributed by atoms with van der Waals surface area (Å²) in [7, 11) is 0. The van der Waals surface area contributed by atoms with Crippen LogP contribution >= 0.6 is 0 Å². The Morgan fingerprint density at radius 2 is 2.18 bits per heavy atom. The minimum absolute atomic E-state index is 0.211. The van der Waals surface area contributed by atoms with Crippen LogP contribution in [0.3, 0.4) is 0 Å². The molecule has 0 aromatic heterocycles. The van der Waals surface area contributed by atoms with Crippen LogP contribution in [0, 0.1) is 0 Å². The van der Waals surface area contributed by atoms with E-state index in [-0.39, 0.29) is 6.42 Å². The zero-order chi connectivity index (χ0) is 8.43. The third-order valence-electron chi connectivity index (χ3n) is 1.61. The standard InChI is InChI=1S/C6H10O5/c7-2-4-6(10)3(8)1-5(9)11-4/h3-4,6-8,10H,1-2H2/t3-,4?,6+/m1/s1. The summed E-state index contributed by atoms with van der Waals surface area (Å²) in [5.41, 5.74) is 0. The smallest absolute Gasteiger partial charge is 0.308 e. The van der Waals surface area contributed by atoms with Crippen molar-refractivity contribution in [1.29, 1.82) is 0 Å². The maximum absolute atomic E-state index is 10.6. The van der Waals surface area contributed by atoms with E-state index in [2.05, 4.69) is 4.74 Å². The number of ether oxygens (including phenoxy) is 1. The highest BCUT2D eigenvalue weighted by Gasteiger charge is 2.35. The average molecular weight is 162 g/mol. The molecule has 1 saturated heterocycles. The van der Waals surface area contributed by atoms with Crippen LogP contribution in [0.15, 0.2) is 0 Å². The number of aliphatic hydroxyl groups is 3. The molecule has 0 aliphatic carbocycles. The third kappa shape index (κ3) is 1.68. The molecule has 5 nitrogen and oxygen atoms in total. The highest BCUT2D eigenvalue weighted by molar-refractivity contribution is 5.71. The number of hydrogen-bond donors (Lipinski definition) is 3. The van der Waals surface area contributed by atoms with Gasteiger partial charge in [0.1, 0.15) is 6.10 Å². The molecule has 1 unspecified atom stereocenters. The van der Waals surface area contributed by atoms with E-state index in [1.165, 1.54) is 0 Å². The molecule has 0 radical (unpaired) electrons. The maximum atomic E-state index is 10.6. The second kappa shape index (κ2) is 3.17. The summed E-state index contributed by atoms with van der Waals surface area (Å²) in [5.74, 6) is -0.596. The lowest BCUT2D eigenvalue weighted by Crippen LogP contribution is -2.48. The summed E-state index contributed by atoms with van der Waals surface area (Å²) in [5, 5.41) is 26.6. The maximum Gasteiger partial charge on any atom is 0.308 e. The van der Waals surface area contributed by atoms with Gasteiger partial charge in [-0.05, 0) is 0 Å². The molecule has 0 amide bonds. The van der Waals surface area contributed by atoms with E-state index in [1.807, 2.05) is 0 Å². The Bertz CT molecular complexity index is 157. The van der Waals surface area contributed by atoms with E-state index >= 15 is 0 Å². The second-order valence-electron chi connectivity index (χ2n) is 2.47. The van der Waals surface area contributed by atoms with Crippen LogP contribution in [0.5, 0.6) is 0 Å². The van der Waals surface area contributed by atoms with Crippen molar-refractivity contribution in [3.8, 4) is 0 Å². The van der Waals surface area contributed by atoms with Gasteiger partial charge in [-0.15, -0.1) is 0 Å². The molecule has 1 fully saturated rings. The molecule has 3 N–H and O–H groups in total. The Hall–Kier alpha value is -0.650. The first-order valence-electron chi connectivity index (χ1n) is 3.31. The van der Waals surface area contributed by atoms with E-state index in [0.717, 1.165) is 0 Å². The van der Waals surface area contributed by atoms with Gasteiger partial charge in [0.05, 0.1) is 19.1 Å². The Labute approximate surface area is 63.2 Å². The van der Waals surface area contributed by atoms with Crippen LogP contribution in [-0.2, 0) is 9.53 Å². The summed E-state index contributed by atoms with van der Waals surface area (Å²) >= 11 is 0. The van der Waals surface area contributed by atoms with Crippen molar-refractivity contribution in [2.24, 2.45) is 0 Å². The predicted molar refractivity (Wildman–Crippen MR) is 33.6 cm³/mol. The average Bonchev–Trinajstić information content (AvgIpc) is 1.96. The predicted octanol–water partition coefficient (Wildman–Crippen LogP) is -1.98. The fourth-order valence-corrected chi connectivity index (χ4v) is 0.971. The number of cyclic esters (lactones) is 1. The van der Waals surface area contributed by atoms with Gasteiger partial charge in [-0.2, -0.15) is 0 Å². The lowest BCUT2D eigenvalue weighted by atomic mass is 10.0. The van der Waals surface area contributed by atoms with Crippen molar-refractivity contribution in [2.75, 3.05) is 6.61 Å². The molecule has 0 bridgehead atoms. The first-order valence-corrected chi connectivity index (χ1v) is 3.31. The Kier molecular flexibility index (Phi) is 2.43. The van der Waals surface area contributed by atoms with Gasteiger partial charge in [0, 0.05) is 0 Å². The van der Waals surface area contributed by atoms with Gasteiger partial charge in [-0.1, -0.05) is 0 Å². The molecular formula is C6H10O5. The zero-order valence-corrected chi connectivity index (χ0v) is 5.80. The highest BCUT2D eigenvalue weighted by Crippen LogP contribution is 2.14. The van der Waals surface area contributed by atoms with Crippen LogP contribution in [0.2, 0.25) is 0 Å². The van der Waals surface area contributed by atoms with Crippen LogP contribution in [0.4, 0.5) is 0 Å². The van der Waals surface area contributed by atoms with E-state index in [4.69, 9.17) is 15.3 Å². The van der Waals surface area contributed by atoms with Crippen LogP contribution in [-0.4, -0.2) is 46.2 Å². The molecule has 0 aromatic carbocycles. The fraction of sp³-hybridized carbons (Fsp3) is 0.833. The van der Waals surface area contributed by atoms with Gasteiger partial charge in [-0.3, -0.25) is 4.79 Å². The van der Waals surface area contributed by atoms with Crippen molar-refractivity contribution in [1.82, 2.24) is 0 Å². The molecule has 0 spiro atoms. The summed E-state index contributed by atoms with van der Waals surface area (Å²) < 4.78 is 4.52. The summed E-state index contributed by atoms with van der Waals surface area (Å²) in [6.45, 7) is -0.468. The van der Waals surface area contributed by atoms with E-state index < -0.39 is 30.9 Å². The number of rotatable bonds is 1. The van der Waals surface area contributed by atoms with Crippen molar-refractivity contribution < 1.29 is 24.9 Å². The Morgan fingerprint density at radius 3 is 2.73 bits per heavy atom. The largest absolute Gasteiger partial charge is 0.457 e. The lowest BCUT2D eigenvalue weighted by Gasteiger charge is -2.29. The van der Waals surface area contributed by atoms with Crippen LogP contribution in [0.25, 0.3) is 0 Å². The number of hydrogen-bond acceptors (Lipinski definition) is 5. The fourth-order valence-electron chi connectivity index (χ4n) is 0.971. The Morgan fingerprint density at radius 1 is 1.55 bits per heavy atom. The number of carbonyl (C=O) groups is 1. The second-order valence-corrected chi connectivity index (χ2v) is 2.47. The van der Waals surface area contributed by atoms with Gasteiger partial charge in [0.15, 0.2) is 6.10 Å².